The molecule has 7 amide bonds. The van der Waals surface area contributed by atoms with Crippen LogP contribution < -0.4 is 43.4 Å². The summed E-state index contributed by atoms with van der Waals surface area (Å²) in [6, 6.07) is -6.40. The molecule has 0 saturated carbocycles. The average Bonchev–Trinajstić information content (AvgIpc) is 3.99. The van der Waals surface area contributed by atoms with Gasteiger partial charge in [0, 0.05) is 45.4 Å². The van der Waals surface area contributed by atoms with Crippen LogP contribution in [0.15, 0.2) is 24.3 Å². The quantitative estimate of drug-likeness (QED) is 0.0489. The molecular formula is C52H89ClN10O15. The summed E-state index contributed by atoms with van der Waals surface area (Å²) < 4.78 is 0. The van der Waals surface area contributed by atoms with E-state index in [1.807, 2.05) is 0 Å². The van der Waals surface area contributed by atoms with E-state index in [4.69, 9.17) is 11.5 Å². The maximum Gasteiger partial charge on any atom is 0.248 e. The van der Waals surface area contributed by atoms with Crippen LogP contribution >= 0.6 is 12.4 Å². The Hall–Kier alpha value is -4.80. The molecule has 3 aliphatic rings. The molecule has 3 heterocycles. The standard InChI is InChI=1S/C52H88N10O15.ClH/c1-5-28(2)24-29(3)12-10-8-6-7-9-11-13-39(69)56-34-26-38(68)46(55-22-21-54)60-50(75)43-37(67)19-23-61(43)52(77)41(36(66)18-20-53)58-49(74)42(45(71)44(70)31-14-16-32(64)17-15-31)59-48(73)35-25-33(65)27-62(35)51(76)40(30(4)63)57-47(34)72;/h14-17,28-30,33-38,40-46,55,63-68,70-71H,5-13,18-27,53-54H2,1-4H3,(H,56,69)(H,57,72)(H,58,74)(H,59,73)(H,60,75);1H/t28?,29?,30-,33-,34?,35?,36-,37+,38-,40?,41?,42?,43?,44+,45+,46+;/m1./s1. The van der Waals surface area contributed by atoms with Crippen LogP contribution in [0, 0.1) is 11.8 Å². The first kappa shape index (κ1) is 67.5. The zero-order chi connectivity index (χ0) is 57.1. The third-order valence-electron chi connectivity index (χ3n) is 14.9. The Morgan fingerprint density at radius 1 is 0.718 bits per heavy atom. The van der Waals surface area contributed by atoms with Gasteiger partial charge in [0.1, 0.15) is 60.4 Å². The Balaban J connectivity index is 0.0000160. The minimum Gasteiger partial charge on any atom is -0.508 e. The largest absolute Gasteiger partial charge is 0.508 e. The summed E-state index contributed by atoms with van der Waals surface area (Å²) in [5.41, 5.74) is 11.5. The Kier molecular flexibility index (Phi) is 28.6. The van der Waals surface area contributed by atoms with E-state index >= 15 is 0 Å². The first-order chi connectivity index (χ1) is 36.5. The summed E-state index contributed by atoms with van der Waals surface area (Å²) in [5, 5.41) is 104. The molecule has 1 aromatic rings. The second kappa shape index (κ2) is 33.1. The van der Waals surface area contributed by atoms with Gasteiger partial charge in [-0.1, -0.05) is 77.8 Å². The number of halogens is 1. The number of phenolic OH excluding ortho intramolecular Hbond substituents is 1. The van der Waals surface area contributed by atoms with Gasteiger partial charge >= 0.3 is 0 Å². The molecule has 3 fully saturated rings. The lowest BCUT2D eigenvalue weighted by atomic mass is 9.91. The smallest absolute Gasteiger partial charge is 0.248 e. The Morgan fingerprint density at radius 3 is 1.96 bits per heavy atom. The minimum absolute atomic E-state index is 0. The van der Waals surface area contributed by atoms with E-state index in [0.717, 1.165) is 55.2 Å². The van der Waals surface area contributed by atoms with Gasteiger partial charge in [0.15, 0.2) is 0 Å². The van der Waals surface area contributed by atoms with E-state index in [1.165, 1.54) is 30.7 Å². The normalized spacial score (nSPS) is 28.3. The van der Waals surface area contributed by atoms with Crippen LogP contribution in [0.4, 0.5) is 0 Å². The molecule has 25 nitrogen and oxygen atoms in total. The van der Waals surface area contributed by atoms with Crippen LogP contribution in [-0.2, 0) is 33.6 Å². The minimum atomic E-state index is -2.28. The number of aliphatic hydroxyl groups excluding tert-OH is 7. The van der Waals surface area contributed by atoms with Crippen molar-refractivity contribution in [3.8, 4) is 5.75 Å². The SMILES string of the molecule is CCC(C)CC(C)CCCCCCCCC(=O)NC1C[C@@H](O)[C@@H](NCCN)NC(=O)C2[C@@H](O)CCN2C(=O)C([C@H](O)CCN)NC(=O)C([C@H](O)[C@@H](O)c2ccc(O)cc2)NC(=O)C2C[C@@H](O)CN2C(=O)C([C@@H](C)O)NC1=O.Cl. The fourth-order valence-corrected chi connectivity index (χ4v) is 10.2. The van der Waals surface area contributed by atoms with Gasteiger partial charge in [-0.2, -0.15) is 0 Å². The first-order valence-electron chi connectivity index (χ1n) is 27.3. The number of nitrogens with one attached hydrogen (secondary N) is 6. The predicted molar refractivity (Wildman–Crippen MR) is 287 cm³/mol. The van der Waals surface area contributed by atoms with Crippen molar-refractivity contribution in [3.05, 3.63) is 29.8 Å². The number of carbonyl (C=O) groups is 7. The molecule has 1 aromatic carbocycles. The van der Waals surface area contributed by atoms with Crippen molar-refractivity contribution in [1.82, 2.24) is 41.7 Å². The van der Waals surface area contributed by atoms with Crippen molar-refractivity contribution in [2.24, 2.45) is 23.3 Å². The van der Waals surface area contributed by atoms with Crippen LogP contribution in [0.25, 0.3) is 0 Å². The predicted octanol–water partition coefficient (Wildman–Crippen LogP) is -2.89. The zero-order valence-electron chi connectivity index (χ0n) is 45.4. The highest BCUT2D eigenvalue weighted by Gasteiger charge is 2.49. The monoisotopic (exact) mass is 1130 g/mol. The molecule has 8 unspecified atom stereocenters. The second-order valence-electron chi connectivity index (χ2n) is 21.3. The van der Waals surface area contributed by atoms with Crippen molar-refractivity contribution < 1.29 is 74.4 Å². The third kappa shape index (κ3) is 19.5. The molecule has 444 valence electrons. The highest BCUT2D eigenvalue weighted by molar-refractivity contribution is 5.98. The molecule has 0 spiro atoms. The van der Waals surface area contributed by atoms with E-state index in [1.54, 1.807) is 0 Å². The highest BCUT2D eigenvalue weighted by atomic mass is 35.5. The highest BCUT2D eigenvalue weighted by Crippen LogP contribution is 2.27. The number of nitrogens with two attached hydrogens (primary N) is 2. The molecule has 3 saturated heterocycles. The maximum atomic E-state index is 14.6. The Bertz CT molecular complexity index is 2080. The number of benzene rings is 1. The fraction of sp³-hybridized carbons (Fsp3) is 0.750. The number of fused-ring (bicyclic) bond motifs is 2. The van der Waals surface area contributed by atoms with Gasteiger partial charge in [-0.3, -0.25) is 38.9 Å². The summed E-state index contributed by atoms with van der Waals surface area (Å²) in [6.07, 6.45) is -6.95. The zero-order valence-corrected chi connectivity index (χ0v) is 46.2. The van der Waals surface area contributed by atoms with Crippen LogP contribution in [-0.4, -0.2) is 204 Å². The lowest BCUT2D eigenvalue weighted by molar-refractivity contribution is -0.148. The van der Waals surface area contributed by atoms with Gasteiger partial charge in [0.2, 0.25) is 41.4 Å². The van der Waals surface area contributed by atoms with Gasteiger partial charge in [-0.25, -0.2) is 0 Å². The van der Waals surface area contributed by atoms with Crippen molar-refractivity contribution in [1.29, 1.82) is 0 Å². The molecule has 18 N–H and O–H groups in total. The number of hydrogen-bond donors (Lipinski definition) is 16. The van der Waals surface area contributed by atoms with Gasteiger partial charge in [-0.15, -0.1) is 12.4 Å². The molecule has 4 rings (SSSR count). The maximum absolute atomic E-state index is 14.6. The van der Waals surface area contributed by atoms with Gasteiger partial charge in [0.25, 0.3) is 0 Å². The van der Waals surface area contributed by atoms with Crippen molar-refractivity contribution in [3.63, 3.8) is 0 Å². The second-order valence-corrected chi connectivity index (χ2v) is 21.3. The third-order valence-corrected chi connectivity index (χ3v) is 14.9. The van der Waals surface area contributed by atoms with Gasteiger partial charge < -0.3 is 88.7 Å². The lowest BCUT2D eigenvalue weighted by Gasteiger charge is -2.35. The molecular weight excluding hydrogens is 1040 g/mol. The summed E-state index contributed by atoms with van der Waals surface area (Å²) in [4.78, 5) is 102. The number of carbonyl (C=O) groups excluding carboxylic acids is 7. The molecule has 0 aliphatic carbocycles. The van der Waals surface area contributed by atoms with Crippen LogP contribution in [0.1, 0.15) is 129 Å². The van der Waals surface area contributed by atoms with E-state index < -0.39 is 146 Å². The molecule has 78 heavy (non-hydrogen) atoms. The van der Waals surface area contributed by atoms with E-state index in [0.29, 0.717) is 24.7 Å². The topological polar surface area (TPSA) is 412 Å². The molecule has 16 atom stereocenters. The van der Waals surface area contributed by atoms with Crippen LogP contribution in [0.5, 0.6) is 5.75 Å². The number of amides is 7. The molecule has 0 bridgehead atoms. The van der Waals surface area contributed by atoms with Gasteiger partial charge in [-0.05, 0) is 68.7 Å². The van der Waals surface area contributed by atoms with E-state index in [9.17, 15) is 74.4 Å². The van der Waals surface area contributed by atoms with Crippen molar-refractivity contribution >= 4 is 53.8 Å². The Morgan fingerprint density at radius 2 is 1.33 bits per heavy atom. The Labute approximate surface area is 462 Å². The number of phenols is 1. The molecule has 0 aromatic heterocycles. The summed E-state index contributed by atoms with van der Waals surface area (Å²) >= 11 is 0. The average molecular weight is 1130 g/mol. The molecule has 0 radical (unpaired) electrons. The number of aliphatic hydroxyl groups is 7. The number of unbranched alkanes of at least 4 members (excludes halogenated alkanes) is 5. The van der Waals surface area contributed by atoms with Crippen LogP contribution in [0.3, 0.4) is 0 Å². The summed E-state index contributed by atoms with van der Waals surface area (Å²) in [5.74, 6) is -6.43. The van der Waals surface area contributed by atoms with Crippen molar-refractivity contribution in [2.45, 2.75) is 203 Å². The fourth-order valence-electron chi connectivity index (χ4n) is 10.2. The summed E-state index contributed by atoms with van der Waals surface area (Å²) in [6.45, 7) is 6.73. The first-order valence-corrected chi connectivity index (χ1v) is 27.3. The number of rotatable bonds is 23. The lowest BCUT2D eigenvalue weighted by Crippen LogP contribution is -2.65. The number of nitrogens with zero attached hydrogens (tertiary/aromatic N) is 2. The van der Waals surface area contributed by atoms with E-state index in [2.05, 4.69) is 52.7 Å². The number of aromatic hydroxyl groups is 1. The van der Waals surface area contributed by atoms with E-state index in [-0.39, 0.29) is 69.2 Å². The van der Waals surface area contributed by atoms with Gasteiger partial charge in [0.05, 0.1) is 30.5 Å². The summed E-state index contributed by atoms with van der Waals surface area (Å²) in [7, 11) is 0. The van der Waals surface area contributed by atoms with Crippen LogP contribution in [0.2, 0.25) is 0 Å². The molecule has 26 heteroatoms. The van der Waals surface area contributed by atoms with Crippen molar-refractivity contribution in [2.75, 3.05) is 32.7 Å². The molecule has 3 aliphatic heterocycles. The number of hydrogen-bond acceptors (Lipinski definition) is 18.